The second kappa shape index (κ2) is 6.58. The molecule has 0 fully saturated rings. The number of hydrogen-bond donors (Lipinski definition) is 1. The van der Waals surface area contributed by atoms with Gasteiger partial charge in [-0.05, 0) is 53.7 Å². The number of allylic oxidation sites excluding steroid dienone is 1. The van der Waals surface area contributed by atoms with Crippen molar-refractivity contribution in [1.82, 2.24) is 4.98 Å². The van der Waals surface area contributed by atoms with Crippen LogP contribution in [0.15, 0.2) is 48.5 Å². The Morgan fingerprint density at radius 3 is 2.65 bits per heavy atom. The highest BCUT2D eigenvalue weighted by Gasteiger charge is 2.27. The molecule has 0 aliphatic heterocycles. The van der Waals surface area contributed by atoms with Crippen LogP contribution < -0.4 is 0 Å². The zero-order valence-corrected chi connectivity index (χ0v) is 15.1. The van der Waals surface area contributed by atoms with E-state index in [1.165, 1.54) is 0 Å². The second-order valence-corrected chi connectivity index (χ2v) is 7.25. The van der Waals surface area contributed by atoms with Gasteiger partial charge < -0.3 is 5.11 Å². The van der Waals surface area contributed by atoms with Gasteiger partial charge in [-0.1, -0.05) is 54.9 Å². The van der Waals surface area contributed by atoms with E-state index in [0.29, 0.717) is 33.8 Å². The maximum absolute atomic E-state index is 12.0. The SMILES string of the molecule is CC1CC(=Cc2ccccc2Cl)c2nc3ccccc3c(C(=O)O)c2C1. The Balaban J connectivity index is 2.01. The lowest BCUT2D eigenvalue weighted by Crippen LogP contribution is -2.17. The number of halogens is 1. The van der Waals surface area contributed by atoms with Crippen LogP contribution in [0.25, 0.3) is 22.6 Å². The fraction of sp³-hybridized carbons (Fsp3) is 0.182. The molecule has 1 aromatic heterocycles. The van der Waals surface area contributed by atoms with Gasteiger partial charge in [-0.25, -0.2) is 9.78 Å². The minimum absolute atomic E-state index is 0.345. The highest BCUT2D eigenvalue weighted by molar-refractivity contribution is 6.32. The van der Waals surface area contributed by atoms with Crippen LogP contribution in [0, 0.1) is 5.92 Å². The first-order chi connectivity index (χ1) is 12.5. The number of carboxylic acid groups (broad SMARTS) is 1. The van der Waals surface area contributed by atoms with Crippen molar-refractivity contribution in [2.24, 2.45) is 5.92 Å². The van der Waals surface area contributed by atoms with Gasteiger partial charge in [-0.2, -0.15) is 0 Å². The van der Waals surface area contributed by atoms with E-state index in [-0.39, 0.29) is 0 Å². The molecule has 1 N–H and O–H groups in total. The van der Waals surface area contributed by atoms with Gasteiger partial charge in [0.2, 0.25) is 0 Å². The lowest BCUT2D eigenvalue weighted by atomic mass is 9.80. The summed E-state index contributed by atoms with van der Waals surface area (Å²) in [7, 11) is 0. The van der Waals surface area contributed by atoms with Gasteiger partial charge in [0.05, 0.1) is 16.8 Å². The summed E-state index contributed by atoms with van der Waals surface area (Å²) in [5.74, 6) is -0.552. The van der Waals surface area contributed by atoms with E-state index in [1.807, 2.05) is 54.6 Å². The number of hydrogen-bond acceptors (Lipinski definition) is 2. The summed E-state index contributed by atoms with van der Waals surface area (Å²) in [6.07, 6.45) is 3.61. The Labute approximate surface area is 157 Å². The maximum Gasteiger partial charge on any atom is 0.336 e. The number of carboxylic acids is 1. The summed E-state index contributed by atoms with van der Waals surface area (Å²) < 4.78 is 0. The van der Waals surface area contributed by atoms with Gasteiger partial charge in [0.15, 0.2) is 0 Å². The molecule has 0 radical (unpaired) electrons. The lowest BCUT2D eigenvalue weighted by Gasteiger charge is -2.26. The number of aromatic nitrogens is 1. The third kappa shape index (κ3) is 2.89. The molecule has 3 nitrogen and oxygen atoms in total. The molecule has 0 spiro atoms. The monoisotopic (exact) mass is 363 g/mol. The molecule has 1 aliphatic carbocycles. The normalized spacial score (nSPS) is 18.1. The third-order valence-corrected chi connectivity index (χ3v) is 5.21. The summed E-state index contributed by atoms with van der Waals surface area (Å²) >= 11 is 6.32. The minimum atomic E-state index is -0.897. The van der Waals surface area contributed by atoms with Crippen LogP contribution in [0.1, 0.15) is 40.5 Å². The Morgan fingerprint density at radius 2 is 1.88 bits per heavy atom. The van der Waals surface area contributed by atoms with Crippen molar-refractivity contribution in [3.63, 3.8) is 0 Å². The minimum Gasteiger partial charge on any atom is -0.478 e. The lowest BCUT2D eigenvalue weighted by molar-refractivity contribution is 0.0697. The molecular formula is C22H18ClNO2. The van der Waals surface area contributed by atoms with E-state index in [0.717, 1.165) is 28.8 Å². The smallest absolute Gasteiger partial charge is 0.336 e. The Bertz CT molecular complexity index is 1060. The van der Waals surface area contributed by atoms with E-state index < -0.39 is 5.97 Å². The molecule has 1 atom stereocenters. The van der Waals surface area contributed by atoms with Crippen LogP contribution in [0.5, 0.6) is 0 Å². The van der Waals surface area contributed by atoms with Crippen LogP contribution in [0.3, 0.4) is 0 Å². The maximum atomic E-state index is 12.0. The Hall–Kier alpha value is -2.65. The fourth-order valence-electron chi connectivity index (χ4n) is 3.76. The molecule has 4 heteroatoms. The topological polar surface area (TPSA) is 50.2 Å². The zero-order valence-electron chi connectivity index (χ0n) is 14.4. The predicted molar refractivity (Wildman–Crippen MR) is 106 cm³/mol. The fourth-order valence-corrected chi connectivity index (χ4v) is 3.95. The van der Waals surface area contributed by atoms with Gasteiger partial charge in [0.1, 0.15) is 0 Å². The van der Waals surface area contributed by atoms with Crippen molar-refractivity contribution in [3.05, 3.63) is 75.9 Å². The zero-order chi connectivity index (χ0) is 18.3. The van der Waals surface area contributed by atoms with E-state index in [4.69, 9.17) is 16.6 Å². The molecule has 3 aromatic rings. The van der Waals surface area contributed by atoms with Crippen LogP contribution in [-0.2, 0) is 6.42 Å². The molecule has 1 unspecified atom stereocenters. The summed E-state index contributed by atoms with van der Waals surface area (Å²) in [6.45, 7) is 2.14. The number of carbonyl (C=O) groups is 1. The molecule has 0 saturated carbocycles. The first kappa shape index (κ1) is 16.8. The molecular weight excluding hydrogens is 346 g/mol. The van der Waals surface area contributed by atoms with Gasteiger partial charge in [-0.3, -0.25) is 0 Å². The quantitative estimate of drug-likeness (QED) is 0.634. The number of fused-ring (bicyclic) bond motifs is 2. The summed E-state index contributed by atoms with van der Waals surface area (Å²) in [4.78, 5) is 16.9. The third-order valence-electron chi connectivity index (χ3n) is 4.87. The molecule has 1 aliphatic rings. The number of rotatable bonds is 2. The van der Waals surface area contributed by atoms with E-state index in [2.05, 4.69) is 6.92 Å². The second-order valence-electron chi connectivity index (χ2n) is 6.84. The average molecular weight is 364 g/mol. The van der Waals surface area contributed by atoms with Crippen LogP contribution in [0.4, 0.5) is 0 Å². The Kier molecular flexibility index (Phi) is 4.25. The Morgan fingerprint density at radius 1 is 1.15 bits per heavy atom. The molecule has 4 rings (SSSR count). The van der Waals surface area contributed by atoms with Crippen molar-refractivity contribution in [3.8, 4) is 0 Å². The van der Waals surface area contributed by atoms with Crippen molar-refractivity contribution >= 4 is 40.1 Å². The highest BCUT2D eigenvalue weighted by atomic mass is 35.5. The van der Waals surface area contributed by atoms with Crippen molar-refractivity contribution in [2.45, 2.75) is 19.8 Å². The number of nitrogens with zero attached hydrogens (tertiary/aromatic N) is 1. The molecule has 0 amide bonds. The van der Waals surface area contributed by atoms with Crippen molar-refractivity contribution in [2.75, 3.05) is 0 Å². The van der Waals surface area contributed by atoms with E-state index in [9.17, 15) is 9.90 Å². The van der Waals surface area contributed by atoms with E-state index in [1.54, 1.807) is 0 Å². The number of aromatic carboxylic acids is 1. The van der Waals surface area contributed by atoms with Crippen LogP contribution in [0.2, 0.25) is 5.02 Å². The van der Waals surface area contributed by atoms with Crippen LogP contribution in [-0.4, -0.2) is 16.1 Å². The van der Waals surface area contributed by atoms with E-state index >= 15 is 0 Å². The van der Waals surface area contributed by atoms with Crippen LogP contribution >= 0.6 is 11.6 Å². The van der Waals surface area contributed by atoms with Gasteiger partial charge in [-0.15, -0.1) is 0 Å². The molecule has 26 heavy (non-hydrogen) atoms. The average Bonchev–Trinajstić information content (AvgIpc) is 2.61. The largest absolute Gasteiger partial charge is 0.478 e. The standard InChI is InChI=1S/C22H18ClNO2/c1-13-10-15(12-14-6-2-4-8-18(14)23)21-17(11-13)20(22(25)26)16-7-3-5-9-19(16)24-21/h2-9,12-13H,10-11H2,1H3,(H,25,26). The van der Waals surface area contributed by atoms with Crippen molar-refractivity contribution in [1.29, 1.82) is 0 Å². The summed E-state index contributed by atoms with van der Waals surface area (Å²) in [5.41, 5.74) is 4.67. The van der Waals surface area contributed by atoms with Gasteiger partial charge >= 0.3 is 5.97 Å². The first-order valence-corrected chi connectivity index (χ1v) is 9.02. The number of benzene rings is 2. The predicted octanol–water partition coefficient (Wildman–Crippen LogP) is 5.71. The number of pyridine rings is 1. The molecule has 0 saturated heterocycles. The first-order valence-electron chi connectivity index (χ1n) is 8.65. The molecule has 130 valence electrons. The van der Waals surface area contributed by atoms with Crippen molar-refractivity contribution < 1.29 is 9.90 Å². The number of para-hydroxylation sites is 1. The van der Waals surface area contributed by atoms with Gasteiger partial charge in [0, 0.05) is 10.4 Å². The molecule has 2 aromatic carbocycles. The highest BCUT2D eigenvalue weighted by Crippen LogP contribution is 2.39. The summed E-state index contributed by atoms with van der Waals surface area (Å²) in [6, 6.07) is 15.1. The van der Waals surface area contributed by atoms with Gasteiger partial charge in [0.25, 0.3) is 0 Å². The molecule has 0 bridgehead atoms. The summed E-state index contributed by atoms with van der Waals surface area (Å²) in [5, 5.41) is 11.3. The molecule has 1 heterocycles.